The number of ketones is 1. The Morgan fingerprint density at radius 3 is 1.62 bits per heavy atom. The summed E-state index contributed by atoms with van der Waals surface area (Å²) in [5, 5.41) is 25.4. The van der Waals surface area contributed by atoms with Crippen LogP contribution in [0.4, 0.5) is 8.78 Å². The number of ether oxygens (including phenoxy) is 1. The third kappa shape index (κ3) is 9.05. The number of hydrogen-bond acceptors (Lipinski definition) is 7. The van der Waals surface area contributed by atoms with Crippen molar-refractivity contribution in [2.45, 2.75) is 50.9 Å². The van der Waals surface area contributed by atoms with E-state index in [1.54, 1.807) is 55.9 Å². The second-order valence-corrected chi connectivity index (χ2v) is 13.9. The van der Waals surface area contributed by atoms with Crippen molar-refractivity contribution >= 4 is 22.9 Å². The first-order valence-electron chi connectivity index (χ1n) is 17.8. The van der Waals surface area contributed by atoms with Gasteiger partial charge in [-0.15, -0.1) is 15.0 Å². The number of carbonyl (C=O) groups is 2. The summed E-state index contributed by atoms with van der Waals surface area (Å²) in [5.74, 6) is -2.00. The fourth-order valence-electron chi connectivity index (χ4n) is 6.45. The molecule has 0 saturated heterocycles. The SMILES string of the molecule is CC(C)(C)OC(=O)CC(=O)CC(O)C=CC(=C(c1ccc(F)cc1)c1ccc(F)cc1)c1nnn(C(c2ccccc2)(c2ccccc2)c2ccccc2)n1. The number of tetrazole rings is 1. The molecule has 55 heavy (non-hydrogen) atoms. The highest BCUT2D eigenvalue weighted by atomic mass is 19.1. The Morgan fingerprint density at radius 2 is 1.18 bits per heavy atom. The molecule has 1 aromatic heterocycles. The summed E-state index contributed by atoms with van der Waals surface area (Å²) in [6.45, 7) is 5.11. The second kappa shape index (κ2) is 16.7. The van der Waals surface area contributed by atoms with Crippen LogP contribution in [0.1, 0.15) is 67.3 Å². The lowest BCUT2D eigenvalue weighted by Crippen LogP contribution is -2.39. The molecule has 0 aliphatic carbocycles. The fourth-order valence-corrected chi connectivity index (χ4v) is 6.45. The van der Waals surface area contributed by atoms with E-state index in [0.29, 0.717) is 22.3 Å². The van der Waals surface area contributed by atoms with E-state index in [2.05, 4.69) is 10.3 Å². The molecule has 6 aromatic rings. The molecule has 0 spiro atoms. The van der Waals surface area contributed by atoms with E-state index >= 15 is 0 Å². The normalized spacial score (nSPS) is 12.3. The molecule has 1 heterocycles. The fraction of sp³-hybridized carbons (Fsp3) is 0.178. The molecule has 0 bridgehead atoms. The van der Waals surface area contributed by atoms with Crippen LogP contribution in [0, 0.1) is 11.6 Å². The molecule has 10 heteroatoms. The summed E-state index contributed by atoms with van der Waals surface area (Å²) in [6.07, 6.45) is 0.765. The number of benzene rings is 5. The predicted molar refractivity (Wildman–Crippen MR) is 206 cm³/mol. The predicted octanol–water partition coefficient (Wildman–Crippen LogP) is 8.36. The van der Waals surface area contributed by atoms with Crippen LogP contribution in [0.15, 0.2) is 152 Å². The summed E-state index contributed by atoms with van der Waals surface area (Å²) in [7, 11) is 0. The molecule has 0 saturated carbocycles. The molecule has 0 fully saturated rings. The Balaban J connectivity index is 1.54. The lowest BCUT2D eigenvalue weighted by Gasteiger charge is -2.34. The van der Waals surface area contributed by atoms with Crippen molar-refractivity contribution in [3.63, 3.8) is 0 Å². The molecule has 0 amide bonds. The van der Waals surface area contributed by atoms with Crippen LogP contribution in [-0.2, 0) is 19.9 Å². The number of hydrogen-bond donors (Lipinski definition) is 1. The van der Waals surface area contributed by atoms with Crippen molar-refractivity contribution in [1.82, 2.24) is 20.2 Å². The standard InChI is InChI=1S/C45H40F2N4O4/c1-44(2,3)55-41(54)30-39(53)29-38(52)27-28-40(42(31-19-23-36(46)24-20-31)32-21-25-37(47)26-22-32)43-48-50-51(49-43)45(33-13-7-4-8-14-33,34-15-9-5-10-16-34)35-17-11-6-12-18-35/h4-28,38,52H,29-30H2,1-3H3. The van der Waals surface area contributed by atoms with Gasteiger partial charge in [0.05, 0.1) is 6.10 Å². The lowest BCUT2D eigenvalue weighted by molar-refractivity contribution is -0.156. The van der Waals surface area contributed by atoms with E-state index in [0.717, 1.165) is 16.7 Å². The van der Waals surface area contributed by atoms with Crippen molar-refractivity contribution in [1.29, 1.82) is 0 Å². The Kier molecular flexibility index (Phi) is 11.7. The number of aliphatic hydroxyl groups excluding tert-OH is 1. The van der Waals surface area contributed by atoms with Gasteiger partial charge >= 0.3 is 5.97 Å². The van der Waals surface area contributed by atoms with Gasteiger partial charge in [-0.05, 0) is 78.1 Å². The second-order valence-electron chi connectivity index (χ2n) is 13.9. The number of rotatable bonds is 13. The van der Waals surface area contributed by atoms with Crippen LogP contribution in [-0.4, -0.2) is 48.8 Å². The highest BCUT2D eigenvalue weighted by molar-refractivity contribution is 6.01. The van der Waals surface area contributed by atoms with Crippen LogP contribution in [0.2, 0.25) is 0 Å². The summed E-state index contributed by atoms with van der Waals surface area (Å²) >= 11 is 0. The van der Waals surface area contributed by atoms with Gasteiger partial charge in [0.2, 0.25) is 5.82 Å². The Bertz CT molecular complexity index is 2140. The molecule has 1 atom stereocenters. The van der Waals surface area contributed by atoms with Crippen molar-refractivity contribution in [3.8, 4) is 0 Å². The van der Waals surface area contributed by atoms with E-state index in [9.17, 15) is 23.5 Å². The Hall–Kier alpha value is -6.39. The van der Waals surface area contributed by atoms with Crippen LogP contribution in [0.5, 0.6) is 0 Å². The van der Waals surface area contributed by atoms with Crippen LogP contribution in [0.3, 0.4) is 0 Å². The minimum absolute atomic E-state index is 0.124. The zero-order valence-corrected chi connectivity index (χ0v) is 30.6. The maximum absolute atomic E-state index is 14.3. The summed E-state index contributed by atoms with van der Waals surface area (Å²) in [6, 6.07) is 40.9. The van der Waals surface area contributed by atoms with Crippen molar-refractivity contribution in [2.24, 2.45) is 0 Å². The summed E-state index contributed by atoms with van der Waals surface area (Å²) in [4.78, 5) is 26.7. The third-order valence-electron chi connectivity index (χ3n) is 8.75. The molecule has 8 nitrogen and oxygen atoms in total. The smallest absolute Gasteiger partial charge is 0.313 e. The molecule has 1 unspecified atom stereocenters. The molecule has 1 N–H and O–H groups in total. The van der Waals surface area contributed by atoms with Crippen molar-refractivity contribution in [2.75, 3.05) is 0 Å². The van der Waals surface area contributed by atoms with Crippen molar-refractivity contribution < 1.29 is 28.2 Å². The molecule has 278 valence electrons. The minimum Gasteiger partial charge on any atom is -0.460 e. The van der Waals surface area contributed by atoms with E-state index in [1.165, 1.54) is 30.3 Å². The highest BCUT2D eigenvalue weighted by Crippen LogP contribution is 2.40. The number of esters is 1. The summed E-state index contributed by atoms with van der Waals surface area (Å²) < 4.78 is 33.8. The number of aliphatic hydroxyl groups is 1. The highest BCUT2D eigenvalue weighted by Gasteiger charge is 2.41. The van der Waals surface area contributed by atoms with Gasteiger partial charge in [0.1, 0.15) is 29.4 Å². The molecule has 0 radical (unpaired) electrons. The Labute approximate surface area is 318 Å². The van der Waals surface area contributed by atoms with Crippen LogP contribution in [0.25, 0.3) is 11.1 Å². The molecule has 0 aliphatic heterocycles. The molecular weight excluding hydrogens is 699 g/mol. The third-order valence-corrected chi connectivity index (χ3v) is 8.75. The van der Waals surface area contributed by atoms with Gasteiger partial charge in [-0.3, -0.25) is 9.59 Å². The van der Waals surface area contributed by atoms with E-state index < -0.39 is 47.1 Å². The largest absolute Gasteiger partial charge is 0.460 e. The van der Waals surface area contributed by atoms with Gasteiger partial charge in [-0.2, -0.15) is 0 Å². The van der Waals surface area contributed by atoms with Gasteiger partial charge in [0, 0.05) is 17.6 Å². The van der Waals surface area contributed by atoms with Crippen molar-refractivity contribution in [3.05, 3.63) is 197 Å². The van der Waals surface area contributed by atoms with Crippen LogP contribution < -0.4 is 0 Å². The Morgan fingerprint density at radius 1 is 0.727 bits per heavy atom. The number of allylic oxidation sites excluding steroid dienone is 2. The molecule has 0 aliphatic rings. The van der Waals surface area contributed by atoms with Gasteiger partial charge < -0.3 is 9.84 Å². The molecular formula is C45H40F2N4O4. The molecule has 6 rings (SSSR count). The number of halogens is 2. The van der Waals surface area contributed by atoms with Gasteiger partial charge in [-0.1, -0.05) is 127 Å². The lowest BCUT2D eigenvalue weighted by atomic mass is 9.77. The first-order chi connectivity index (χ1) is 26.4. The monoisotopic (exact) mass is 738 g/mol. The van der Waals surface area contributed by atoms with E-state index in [-0.39, 0.29) is 12.2 Å². The zero-order chi connectivity index (χ0) is 39.0. The first-order valence-corrected chi connectivity index (χ1v) is 17.8. The maximum Gasteiger partial charge on any atom is 0.313 e. The van der Waals surface area contributed by atoms with Gasteiger partial charge in [0.25, 0.3) is 0 Å². The first kappa shape index (κ1) is 38.3. The van der Waals surface area contributed by atoms with E-state index in [4.69, 9.17) is 9.84 Å². The average molecular weight is 739 g/mol. The number of nitrogens with zero attached hydrogens (tertiary/aromatic N) is 4. The maximum atomic E-state index is 14.3. The minimum atomic E-state index is -1.32. The van der Waals surface area contributed by atoms with Gasteiger partial charge in [-0.25, -0.2) is 8.78 Å². The number of carbonyl (C=O) groups excluding carboxylic acids is 2. The number of Topliss-reactive ketones (excluding diaryl/α,β-unsaturated/α-hetero) is 1. The molecule has 5 aromatic carbocycles. The quantitative estimate of drug-likeness (QED) is 0.0550. The van der Waals surface area contributed by atoms with Gasteiger partial charge in [0.15, 0.2) is 5.54 Å². The topological polar surface area (TPSA) is 107 Å². The van der Waals surface area contributed by atoms with E-state index in [1.807, 2.05) is 91.0 Å². The summed E-state index contributed by atoms with van der Waals surface area (Å²) in [5.41, 5.74) is 2.59. The zero-order valence-electron chi connectivity index (χ0n) is 30.6. The van der Waals surface area contributed by atoms with Crippen LogP contribution >= 0.6 is 0 Å². The average Bonchev–Trinajstić information content (AvgIpc) is 3.65. The number of aromatic nitrogens is 4.